The first-order valence-electron chi connectivity index (χ1n) is 3.99. The number of pyridine rings is 1. The minimum absolute atomic E-state index is 0.904. The molecule has 0 atom stereocenters. The maximum atomic E-state index is 5.26. The van der Waals surface area contributed by atoms with Crippen LogP contribution in [0.3, 0.4) is 0 Å². The van der Waals surface area contributed by atoms with Crippen molar-refractivity contribution in [1.82, 2.24) is 0 Å². The van der Waals surface area contributed by atoms with E-state index in [9.17, 15) is 0 Å². The van der Waals surface area contributed by atoms with Crippen LogP contribution in [0.15, 0.2) is 36.5 Å². The highest BCUT2D eigenvalue weighted by atomic mass is 127. The molecule has 0 aliphatic rings. The first kappa shape index (κ1) is 8.74. The van der Waals surface area contributed by atoms with Gasteiger partial charge in [0.25, 0.3) is 5.52 Å². The molecule has 1 heterocycles. The van der Waals surface area contributed by atoms with Gasteiger partial charge >= 0.3 is 0 Å². The van der Waals surface area contributed by atoms with E-state index >= 15 is 0 Å². The average molecular weight is 286 g/mol. The molecule has 66 valence electrons. The largest absolute Gasteiger partial charge is 0.421 e. The van der Waals surface area contributed by atoms with Crippen LogP contribution >= 0.6 is 23.0 Å². The molecule has 2 nitrogen and oxygen atoms in total. The molecule has 1 aromatic heterocycles. The molecule has 3 heteroatoms. The Morgan fingerprint density at radius 1 is 1.23 bits per heavy atom. The number of halogens is 1. The van der Waals surface area contributed by atoms with E-state index in [1.54, 1.807) is 0 Å². The van der Waals surface area contributed by atoms with Crippen LogP contribution < -0.4 is 7.63 Å². The van der Waals surface area contributed by atoms with Gasteiger partial charge in [0.05, 0.1) is 5.39 Å². The van der Waals surface area contributed by atoms with Crippen molar-refractivity contribution in [2.75, 3.05) is 0 Å². The zero-order valence-corrected chi connectivity index (χ0v) is 9.36. The molecule has 0 spiro atoms. The number of aryl methyl sites for hydroxylation is 1. The highest BCUT2D eigenvalue weighted by Crippen LogP contribution is 2.22. The van der Waals surface area contributed by atoms with Crippen LogP contribution in [0, 0.1) is 0 Å². The van der Waals surface area contributed by atoms with Gasteiger partial charge in [-0.3, -0.25) is 0 Å². The molecule has 13 heavy (non-hydrogen) atoms. The second-order valence-corrected chi connectivity index (χ2v) is 3.33. The standard InChI is InChI=1S/C10H9INO/c1-12-7-3-5-8-4-2-6-9(13-11)10(8)12/h2-7H,1H3/q+1. The Hall–Kier alpha value is -0.840. The lowest BCUT2D eigenvalue weighted by molar-refractivity contribution is -0.645. The Morgan fingerprint density at radius 2 is 2.00 bits per heavy atom. The van der Waals surface area contributed by atoms with Crippen LogP contribution in [0.5, 0.6) is 5.75 Å². The van der Waals surface area contributed by atoms with E-state index in [2.05, 4.69) is 16.7 Å². The summed E-state index contributed by atoms with van der Waals surface area (Å²) in [5.74, 6) is 0.904. The van der Waals surface area contributed by atoms with E-state index in [1.807, 2.05) is 54.4 Å². The summed E-state index contributed by atoms with van der Waals surface area (Å²) in [5.41, 5.74) is 1.12. The summed E-state index contributed by atoms with van der Waals surface area (Å²) in [6.45, 7) is 0. The lowest BCUT2D eigenvalue weighted by Gasteiger charge is -2.00. The predicted octanol–water partition coefficient (Wildman–Crippen LogP) is 2.39. The Bertz CT molecular complexity index is 437. The van der Waals surface area contributed by atoms with Gasteiger partial charge in [-0.25, -0.2) is 0 Å². The van der Waals surface area contributed by atoms with E-state index in [0.29, 0.717) is 0 Å². The molecular formula is C10H9INO+. The molecule has 0 aliphatic carbocycles. The SMILES string of the molecule is C[n+]1cccc2cccc(OI)c21. The molecule has 0 fully saturated rings. The van der Waals surface area contributed by atoms with Gasteiger partial charge in [-0.2, -0.15) is 4.57 Å². The van der Waals surface area contributed by atoms with E-state index in [-0.39, 0.29) is 0 Å². The summed E-state index contributed by atoms with van der Waals surface area (Å²) in [6.07, 6.45) is 2.02. The molecule has 0 saturated carbocycles. The van der Waals surface area contributed by atoms with Crippen LogP contribution in [0.2, 0.25) is 0 Å². The molecule has 1 aromatic carbocycles. The molecular weight excluding hydrogens is 277 g/mol. The molecule has 0 radical (unpaired) electrons. The fourth-order valence-electron chi connectivity index (χ4n) is 1.46. The quantitative estimate of drug-likeness (QED) is 0.579. The minimum Gasteiger partial charge on any atom is -0.421 e. The zero-order valence-electron chi connectivity index (χ0n) is 7.20. The number of hydrogen-bond acceptors (Lipinski definition) is 1. The van der Waals surface area contributed by atoms with Gasteiger partial charge in [0.15, 0.2) is 29.2 Å². The number of benzene rings is 1. The van der Waals surface area contributed by atoms with Gasteiger partial charge in [0.2, 0.25) is 5.75 Å². The third kappa shape index (κ3) is 1.48. The summed E-state index contributed by atoms with van der Waals surface area (Å²) < 4.78 is 7.32. The van der Waals surface area contributed by atoms with Gasteiger partial charge in [-0.1, -0.05) is 6.07 Å². The third-order valence-corrected chi connectivity index (χ3v) is 2.53. The number of para-hydroxylation sites is 1. The Kier molecular flexibility index (Phi) is 2.35. The monoisotopic (exact) mass is 286 g/mol. The molecule has 0 N–H and O–H groups in total. The number of fused-ring (bicyclic) bond motifs is 1. The first-order valence-corrected chi connectivity index (χ1v) is 4.87. The van der Waals surface area contributed by atoms with Gasteiger partial charge < -0.3 is 3.07 Å². The smallest absolute Gasteiger partial charge is 0.255 e. The van der Waals surface area contributed by atoms with Crippen molar-refractivity contribution in [2.45, 2.75) is 0 Å². The van der Waals surface area contributed by atoms with Crippen molar-refractivity contribution in [1.29, 1.82) is 0 Å². The normalized spacial score (nSPS) is 10.3. The van der Waals surface area contributed by atoms with Gasteiger partial charge in [-0.05, 0) is 18.2 Å². The Balaban J connectivity index is 2.87. The van der Waals surface area contributed by atoms with Crippen molar-refractivity contribution in [3.8, 4) is 5.75 Å². The molecule has 0 aliphatic heterocycles. The van der Waals surface area contributed by atoms with Crippen molar-refractivity contribution in [3.05, 3.63) is 36.5 Å². The highest BCUT2D eigenvalue weighted by Gasteiger charge is 2.09. The third-order valence-electron chi connectivity index (χ3n) is 2.05. The molecule has 2 aromatic rings. The zero-order chi connectivity index (χ0) is 9.26. The van der Waals surface area contributed by atoms with Crippen molar-refractivity contribution in [2.24, 2.45) is 7.05 Å². The highest BCUT2D eigenvalue weighted by molar-refractivity contribution is 14.1. The minimum atomic E-state index is 0.904. The van der Waals surface area contributed by atoms with Gasteiger partial charge in [0.1, 0.15) is 7.05 Å². The van der Waals surface area contributed by atoms with E-state index in [1.165, 1.54) is 5.39 Å². The number of rotatable bonds is 1. The van der Waals surface area contributed by atoms with Crippen LogP contribution in [-0.2, 0) is 7.05 Å². The first-order chi connectivity index (χ1) is 6.33. The Labute approximate surface area is 90.8 Å². The van der Waals surface area contributed by atoms with Gasteiger partial charge in [0, 0.05) is 6.07 Å². The summed E-state index contributed by atoms with van der Waals surface area (Å²) in [5, 5.41) is 1.19. The molecule has 0 unspecified atom stereocenters. The second kappa shape index (κ2) is 3.49. The summed E-state index contributed by atoms with van der Waals surface area (Å²) in [4.78, 5) is 0. The summed E-state index contributed by atoms with van der Waals surface area (Å²) in [6, 6.07) is 10.1. The van der Waals surface area contributed by atoms with Crippen molar-refractivity contribution in [3.63, 3.8) is 0 Å². The van der Waals surface area contributed by atoms with E-state index < -0.39 is 0 Å². The maximum absolute atomic E-state index is 5.26. The lowest BCUT2D eigenvalue weighted by atomic mass is 10.2. The van der Waals surface area contributed by atoms with E-state index in [0.717, 1.165) is 11.3 Å². The Morgan fingerprint density at radius 3 is 2.77 bits per heavy atom. The maximum Gasteiger partial charge on any atom is 0.255 e. The van der Waals surface area contributed by atoms with Crippen molar-refractivity contribution < 1.29 is 7.63 Å². The predicted molar refractivity (Wildman–Crippen MR) is 59.8 cm³/mol. The van der Waals surface area contributed by atoms with Crippen LogP contribution in [0.25, 0.3) is 10.9 Å². The molecule has 0 bridgehead atoms. The fourth-order valence-corrected chi connectivity index (χ4v) is 1.82. The topological polar surface area (TPSA) is 13.1 Å². The summed E-state index contributed by atoms with van der Waals surface area (Å²) >= 11 is 1.90. The van der Waals surface area contributed by atoms with Crippen LogP contribution in [0.1, 0.15) is 0 Å². The van der Waals surface area contributed by atoms with Crippen LogP contribution in [-0.4, -0.2) is 0 Å². The lowest BCUT2D eigenvalue weighted by Crippen LogP contribution is -2.28. The molecule has 0 saturated heterocycles. The van der Waals surface area contributed by atoms with Gasteiger partial charge in [-0.15, -0.1) is 0 Å². The molecule has 2 rings (SSSR count). The van der Waals surface area contributed by atoms with E-state index in [4.69, 9.17) is 3.07 Å². The number of nitrogens with zero attached hydrogens (tertiary/aromatic N) is 1. The number of aromatic nitrogens is 1. The van der Waals surface area contributed by atoms with Crippen molar-refractivity contribution >= 4 is 33.9 Å². The van der Waals surface area contributed by atoms with Crippen LogP contribution in [0.4, 0.5) is 0 Å². The second-order valence-electron chi connectivity index (χ2n) is 2.89. The molecule has 0 amide bonds. The fraction of sp³-hybridized carbons (Fsp3) is 0.100. The number of hydrogen-bond donors (Lipinski definition) is 0. The summed E-state index contributed by atoms with van der Waals surface area (Å²) in [7, 11) is 2.02. The average Bonchev–Trinajstić information content (AvgIpc) is 2.17.